The van der Waals surface area contributed by atoms with Crippen LogP contribution < -0.4 is 5.32 Å². The fourth-order valence-corrected chi connectivity index (χ4v) is 3.94. The molecule has 2 saturated heterocycles. The van der Waals surface area contributed by atoms with Crippen LogP contribution in [0, 0.1) is 13.8 Å². The topological polar surface area (TPSA) is 15.3 Å². The standard InChI is InChI=1S/C18H28N2/c1-12-5-6-15(9-13(12)2)14(3)20(4)18-10-16-7-8-17(11-18)19-16/h5-6,9,14,16-19H,7-8,10-11H2,1-4H3. The van der Waals surface area contributed by atoms with Crippen molar-refractivity contribution in [3.63, 3.8) is 0 Å². The molecule has 2 aliphatic heterocycles. The van der Waals surface area contributed by atoms with E-state index in [1.54, 1.807) is 0 Å². The summed E-state index contributed by atoms with van der Waals surface area (Å²) < 4.78 is 0. The zero-order valence-electron chi connectivity index (χ0n) is 13.3. The van der Waals surface area contributed by atoms with Gasteiger partial charge in [0.05, 0.1) is 0 Å². The molecule has 0 saturated carbocycles. The monoisotopic (exact) mass is 272 g/mol. The molecule has 0 aliphatic carbocycles. The summed E-state index contributed by atoms with van der Waals surface area (Å²) in [5.74, 6) is 0. The Bertz CT molecular complexity index is 470. The highest BCUT2D eigenvalue weighted by atomic mass is 15.2. The van der Waals surface area contributed by atoms with E-state index in [1.165, 1.54) is 42.4 Å². The van der Waals surface area contributed by atoms with Gasteiger partial charge in [0.2, 0.25) is 0 Å². The van der Waals surface area contributed by atoms with Crippen molar-refractivity contribution in [2.75, 3.05) is 7.05 Å². The van der Waals surface area contributed by atoms with Crippen LogP contribution in [0.3, 0.4) is 0 Å². The van der Waals surface area contributed by atoms with Crippen LogP contribution in [-0.4, -0.2) is 30.1 Å². The summed E-state index contributed by atoms with van der Waals surface area (Å²) in [7, 11) is 2.31. The van der Waals surface area contributed by atoms with Crippen LogP contribution in [0.15, 0.2) is 18.2 Å². The van der Waals surface area contributed by atoms with Crippen molar-refractivity contribution in [1.29, 1.82) is 0 Å². The molecule has 3 rings (SSSR count). The van der Waals surface area contributed by atoms with Gasteiger partial charge in [-0.2, -0.15) is 0 Å². The lowest BCUT2D eigenvalue weighted by Gasteiger charge is -2.39. The third-order valence-electron chi connectivity index (χ3n) is 5.65. The molecule has 0 spiro atoms. The Kier molecular flexibility index (Phi) is 3.87. The molecule has 3 unspecified atom stereocenters. The van der Waals surface area contributed by atoms with Crippen molar-refractivity contribution >= 4 is 0 Å². The number of benzene rings is 1. The zero-order chi connectivity index (χ0) is 14.3. The highest BCUT2D eigenvalue weighted by Crippen LogP contribution is 2.33. The second-order valence-electron chi connectivity index (χ2n) is 6.95. The maximum absolute atomic E-state index is 3.74. The van der Waals surface area contributed by atoms with Crippen molar-refractivity contribution in [2.24, 2.45) is 0 Å². The van der Waals surface area contributed by atoms with E-state index in [0.717, 1.165) is 18.1 Å². The lowest BCUT2D eigenvalue weighted by Crippen LogP contribution is -2.47. The number of aryl methyl sites for hydroxylation is 2. The molecule has 2 aliphatic rings. The van der Waals surface area contributed by atoms with E-state index in [-0.39, 0.29) is 0 Å². The lowest BCUT2D eigenvalue weighted by molar-refractivity contribution is 0.132. The summed E-state index contributed by atoms with van der Waals surface area (Å²) >= 11 is 0. The first-order valence-electron chi connectivity index (χ1n) is 8.09. The number of piperidine rings is 1. The van der Waals surface area contributed by atoms with Gasteiger partial charge in [-0.1, -0.05) is 18.2 Å². The minimum Gasteiger partial charge on any atom is -0.311 e. The third-order valence-corrected chi connectivity index (χ3v) is 5.65. The largest absolute Gasteiger partial charge is 0.311 e. The van der Waals surface area contributed by atoms with E-state index >= 15 is 0 Å². The Morgan fingerprint density at radius 3 is 2.35 bits per heavy atom. The summed E-state index contributed by atoms with van der Waals surface area (Å²) in [4.78, 5) is 2.61. The molecule has 1 aromatic rings. The number of nitrogens with one attached hydrogen (secondary N) is 1. The molecule has 2 heteroatoms. The van der Waals surface area contributed by atoms with Crippen LogP contribution in [0.4, 0.5) is 0 Å². The van der Waals surface area contributed by atoms with Crippen LogP contribution in [0.25, 0.3) is 0 Å². The van der Waals surface area contributed by atoms with E-state index in [9.17, 15) is 0 Å². The number of fused-ring (bicyclic) bond motifs is 2. The molecule has 1 N–H and O–H groups in total. The summed E-state index contributed by atoms with van der Waals surface area (Å²) in [6.07, 6.45) is 5.41. The Balaban J connectivity index is 1.72. The SMILES string of the molecule is Cc1ccc(C(C)N(C)C2CC3CCC(C2)N3)cc1C. The van der Waals surface area contributed by atoms with Gasteiger partial charge in [0.1, 0.15) is 0 Å². The predicted octanol–water partition coefficient (Wildman–Crippen LogP) is 3.58. The summed E-state index contributed by atoms with van der Waals surface area (Å²) in [5, 5.41) is 3.74. The van der Waals surface area contributed by atoms with Crippen LogP contribution in [0.1, 0.15) is 55.3 Å². The predicted molar refractivity (Wildman–Crippen MR) is 85.1 cm³/mol. The van der Waals surface area contributed by atoms with Crippen molar-refractivity contribution < 1.29 is 0 Å². The molecule has 0 amide bonds. The molecular formula is C18H28N2. The summed E-state index contributed by atoms with van der Waals surface area (Å²) in [5.41, 5.74) is 4.26. The van der Waals surface area contributed by atoms with E-state index in [4.69, 9.17) is 0 Å². The number of rotatable bonds is 3. The van der Waals surface area contributed by atoms with Crippen molar-refractivity contribution in [3.8, 4) is 0 Å². The van der Waals surface area contributed by atoms with Crippen molar-refractivity contribution in [2.45, 2.75) is 70.6 Å². The van der Waals surface area contributed by atoms with Crippen LogP contribution >= 0.6 is 0 Å². The molecule has 0 radical (unpaired) electrons. The van der Waals surface area contributed by atoms with Gasteiger partial charge >= 0.3 is 0 Å². The molecular weight excluding hydrogens is 244 g/mol. The van der Waals surface area contributed by atoms with Crippen molar-refractivity contribution in [3.05, 3.63) is 34.9 Å². The minimum atomic E-state index is 0.511. The summed E-state index contributed by atoms with van der Waals surface area (Å²) in [6.45, 7) is 6.77. The van der Waals surface area contributed by atoms with Gasteiger partial charge in [-0.25, -0.2) is 0 Å². The fraction of sp³-hybridized carbons (Fsp3) is 0.667. The Morgan fingerprint density at radius 2 is 1.75 bits per heavy atom. The second kappa shape index (κ2) is 5.50. The smallest absolute Gasteiger partial charge is 0.0319 e. The molecule has 2 fully saturated rings. The minimum absolute atomic E-state index is 0.511. The van der Waals surface area contributed by atoms with Gasteiger partial charge in [0.25, 0.3) is 0 Å². The third kappa shape index (κ3) is 2.64. The van der Waals surface area contributed by atoms with Gasteiger partial charge in [0.15, 0.2) is 0 Å². The van der Waals surface area contributed by atoms with Crippen LogP contribution in [0.2, 0.25) is 0 Å². The first kappa shape index (κ1) is 14.1. The number of nitrogens with zero attached hydrogens (tertiary/aromatic N) is 1. The van der Waals surface area contributed by atoms with Gasteiger partial charge in [0, 0.05) is 24.2 Å². The number of hydrogen-bond acceptors (Lipinski definition) is 2. The quantitative estimate of drug-likeness (QED) is 0.905. The average Bonchev–Trinajstić information content (AvgIpc) is 2.79. The normalized spacial score (nSPS) is 30.8. The van der Waals surface area contributed by atoms with Crippen LogP contribution in [-0.2, 0) is 0 Å². The Labute approximate surface area is 123 Å². The second-order valence-corrected chi connectivity index (χ2v) is 6.95. The first-order valence-corrected chi connectivity index (χ1v) is 8.09. The van der Waals surface area contributed by atoms with E-state index in [2.05, 4.69) is 56.2 Å². The van der Waals surface area contributed by atoms with Gasteiger partial charge < -0.3 is 5.32 Å². The maximum Gasteiger partial charge on any atom is 0.0319 e. The molecule has 110 valence electrons. The van der Waals surface area contributed by atoms with Crippen molar-refractivity contribution in [1.82, 2.24) is 10.2 Å². The molecule has 3 atom stereocenters. The Morgan fingerprint density at radius 1 is 1.10 bits per heavy atom. The zero-order valence-corrected chi connectivity index (χ0v) is 13.3. The average molecular weight is 272 g/mol. The Hall–Kier alpha value is -0.860. The van der Waals surface area contributed by atoms with E-state index < -0.39 is 0 Å². The van der Waals surface area contributed by atoms with Gasteiger partial charge in [-0.3, -0.25) is 4.90 Å². The number of hydrogen-bond donors (Lipinski definition) is 1. The molecule has 2 bridgehead atoms. The molecule has 2 nitrogen and oxygen atoms in total. The molecule has 20 heavy (non-hydrogen) atoms. The van der Waals surface area contributed by atoms with Crippen LogP contribution in [0.5, 0.6) is 0 Å². The molecule has 2 heterocycles. The fourth-order valence-electron chi connectivity index (χ4n) is 3.94. The molecule has 0 aromatic heterocycles. The maximum atomic E-state index is 3.74. The van der Waals surface area contributed by atoms with Gasteiger partial charge in [-0.05, 0) is 70.2 Å². The highest BCUT2D eigenvalue weighted by Gasteiger charge is 2.36. The van der Waals surface area contributed by atoms with E-state index in [0.29, 0.717) is 6.04 Å². The highest BCUT2D eigenvalue weighted by molar-refractivity contribution is 5.31. The lowest BCUT2D eigenvalue weighted by atomic mass is 9.95. The first-order chi connectivity index (χ1) is 9.54. The molecule has 1 aromatic carbocycles. The summed E-state index contributed by atoms with van der Waals surface area (Å²) in [6, 6.07) is 9.73. The van der Waals surface area contributed by atoms with Gasteiger partial charge in [-0.15, -0.1) is 0 Å². The van der Waals surface area contributed by atoms with E-state index in [1.807, 2.05) is 0 Å².